The van der Waals surface area contributed by atoms with Crippen LogP contribution < -0.4 is 0 Å². The van der Waals surface area contributed by atoms with Gasteiger partial charge in [0.2, 0.25) is 0 Å². The molecule has 5 rings (SSSR count). The van der Waals surface area contributed by atoms with Crippen molar-refractivity contribution in [2.45, 2.75) is 30.9 Å². The number of rotatable bonds is 2. The Bertz CT molecular complexity index is 938. The Morgan fingerprint density at radius 3 is 2.52 bits per heavy atom. The minimum Gasteiger partial charge on any atom is -0.392 e. The summed E-state index contributed by atoms with van der Waals surface area (Å²) in [4.78, 5) is 0. The molecule has 3 aliphatic rings. The fourth-order valence-electron chi connectivity index (χ4n) is 4.66. The van der Waals surface area contributed by atoms with Crippen LogP contribution in [0, 0.1) is 11.8 Å². The van der Waals surface area contributed by atoms with Gasteiger partial charge in [-0.2, -0.15) is 0 Å². The minimum atomic E-state index is -0.381. The monoisotopic (exact) mass is 357 g/mol. The van der Waals surface area contributed by atoms with Crippen LogP contribution in [0.15, 0.2) is 78.9 Å². The highest BCUT2D eigenvalue weighted by Crippen LogP contribution is 2.44. The largest absolute Gasteiger partial charge is 0.392 e. The number of hydrogen-bond acceptors (Lipinski definition) is 3. The zero-order valence-electron chi connectivity index (χ0n) is 15.1. The maximum atomic E-state index is 11.0. The molecule has 0 aliphatic heterocycles. The van der Waals surface area contributed by atoms with Crippen molar-refractivity contribution in [2.75, 3.05) is 0 Å². The number of hydrogen-bond donors (Lipinski definition) is 1. The van der Waals surface area contributed by atoms with E-state index in [9.17, 15) is 5.11 Å². The Morgan fingerprint density at radius 2 is 1.67 bits per heavy atom. The Hall–Kier alpha value is -2.72. The Kier molecular flexibility index (Phi) is 4.13. The molecule has 0 bridgehead atoms. The maximum absolute atomic E-state index is 11.0. The molecule has 1 N–H and O–H groups in total. The van der Waals surface area contributed by atoms with Crippen molar-refractivity contribution in [1.82, 2.24) is 15.0 Å². The first-order valence-electron chi connectivity index (χ1n) is 9.66. The van der Waals surface area contributed by atoms with Gasteiger partial charge in [-0.3, -0.25) is 0 Å². The van der Waals surface area contributed by atoms with Crippen LogP contribution in [0.2, 0.25) is 0 Å². The number of benzene rings is 1. The summed E-state index contributed by atoms with van der Waals surface area (Å²) >= 11 is 0. The number of aliphatic hydroxyl groups excluding tert-OH is 1. The van der Waals surface area contributed by atoms with E-state index in [1.54, 1.807) is 0 Å². The van der Waals surface area contributed by atoms with Crippen molar-refractivity contribution in [2.24, 2.45) is 11.8 Å². The molecule has 27 heavy (non-hydrogen) atoms. The number of fused-ring (bicyclic) bond motifs is 5. The lowest BCUT2D eigenvalue weighted by Crippen LogP contribution is -2.33. The van der Waals surface area contributed by atoms with Crippen LogP contribution in [-0.4, -0.2) is 26.2 Å². The Balaban J connectivity index is 1.64. The molecule has 3 aliphatic carbocycles. The summed E-state index contributed by atoms with van der Waals surface area (Å²) in [6.45, 7) is 0.691. The van der Waals surface area contributed by atoms with Gasteiger partial charge in [0.15, 0.2) is 0 Å². The van der Waals surface area contributed by atoms with Gasteiger partial charge in [0.25, 0.3) is 0 Å². The topological polar surface area (TPSA) is 50.9 Å². The first-order chi connectivity index (χ1) is 13.3. The van der Waals surface area contributed by atoms with Crippen LogP contribution in [0.1, 0.15) is 35.2 Å². The predicted molar refractivity (Wildman–Crippen MR) is 105 cm³/mol. The number of allylic oxidation sites excluding steroid dienone is 7. The molecule has 0 amide bonds. The molecule has 2 aromatic rings. The molecule has 1 unspecified atom stereocenters. The smallest absolute Gasteiger partial charge is 0.0940 e. The van der Waals surface area contributed by atoms with Crippen LogP contribution in [0.25, 0.3) is 0 Å². The summed E-state index contributed by atoms with van der Waals surface area (Å²) < 4.78 is 2.03. The van der Waals surface area contributed by atoms with Crippen molar-refractivity contribution in [3.05, 3.63) is 95.9 Å². The van der Waals surface area contributed by atoms with Gasteiger partial charge in [0.1, 0.15) is 0 Å². The third-order valence-corrected chi connectivity index (χ3v) is 5.99. The number of aliphatic hydroxyl groups is 1. The molecule has 0 saturated heterocycles. The molecule has 5 atom stereocenters. The second-order valence-electron chi connectivity index (χ2n) is 7.64. The third-order valence-electron chi connectivity index (χ3n) is 5.99. The molecule has 0 radical (unpaired) electrons. The highest BCUT2D eigenvalue weighted by molar-refractivity contribution is 5.37. The zero-order valence-corrected chi connectivity index (χ0v) is 15.1. The first kappa shape index (κ1) is 16.5. The van der Waals surface area contributed by atoms with Gasteiger partial charge in [0, 0.05) is 17.8 Å². The van der Waals surface area contributed by atoms with Crippen molar-refractivity contribution in [3.63, 3.8) is 0 Å². The van der Waals surface area contributed by atoms with Crippen LogP contribution in [0.5, 0.6) is 0 Å². The summed E-state index contributed by atoms with van der Waals surface area (Å²) in [6, 6.07) is 10.4. The molecular formula is C23H23N3O. The maximum Gasteiger partial charge on any atom is 0.0940 e. The molecule has 0 spiro atoms. The summed E-state index contributed by atoms with van der Waals surface area (Å²) in [5, 5.41) is 20.2. The average molecular weight is 357 g/mol. The van der Waals surface area contributed by atoms with Crippen molar-refractivity contribution >= 4 is 0 Å². The fourth-order valence-corrected chi connectivity index (χ4v) is 4.66. The lowest BCUT2D eigenvalue weighted by Gasteiger charge is -2.36. The SMILES string of the molecule is OC1C[C@@H]2C=CC=C[C@@H]2c2nnn(Cc3ccccc3)c2[C@@H]2C=CC=C[C@H]12. The predicted octanol–water partition coefficient (Wildman–Crippen LogP) is 3.74. The average Bonchev–Trinajstić information content (AvgIpc) is 3.11. The van der Waals surface area contributed by atoms with Gasteiger partial charge in [-0.25, -0.2) is 4.68 Å². The Morgan fingerprint density at radius 1 is 0.926 bits per heavy atom. The molecule has 1 aromatic heterocycles. The van der Waals surface area contributed by atoms with Gasteiger partial charge in [-0.05, 0) is 17.9 Å². The van der Waals surface area contributed by atoms with Crippen LogP contribution in [0.4, 0.5) is 0 Å². The van der Waals surface area contributed by atoms with E-state index in [2.05, 4.69) is 77.1 Å². The van der Waals surface area contributed by atoms with E-state index in [0.29, 0.717) is 6.54 Å². The van der Waals surface area contributed by atoms with Gasteiger partial charge in [0.05, 0.1) is 24.0 Å². The van der Waals surface area contributed by atoms with Crippen molar-refractivity contribution in [3.8, 4) is 0 Å². The van der Waals surface area contributed by atoms with E-state index in [0.717, 1.165) is 17.8 Å². The normalized spacial score (nSPS) is 30.9. The first-order valence-corrected chi connectivity index (χ1v) is 9.66. The molecule has 1 heterocycles. The molecular weight excluding hydrogens is 334 g/mol. The van der Waals surface area contributed by atoms with E-state index in [4.69, 9.17) is 0 Å². The van der Waals surface area contributed by atoms with E-state index >= 15 is 0 Å². The molecule has 136 valence electrons. The lowest BCUT2D eigenvalue weighted by molar-refractivity contribution is 0.0943. The lowest BCUT2D eigenvalue weighted by atomic mass is 9.71. The second kappa shape index (κ2) is 6.78. The number of aromatic nitrogens is 3. The van der Waals surface area contributed by atoms with Gasteiger partial charge < -0.3 is 5.11 Å². The summed E-state index contributed by atoms with van der Waals surface area (Å²) in [5.74, 6) is 0.580. The number of nitrogens with zero attached hydrogens (tertiary/aromatic N) is 3. The highest BCUT2D eigenvalue weighted by Gasteiger charge is 2.39. The highest BCUT2D eigenvalue weighted by atomic mass is 16.3. The fraction of sp³-hybridized carbons (Fsp3) is 0.304. The molecule has 4 heteroatoms. The van der Waals surface area contributed by atoms with E-state index in [1.165, 1.54) is 5.56 Å². The molecule has 0 fully saturated rings. The van der Waals surface area contributed by atoms with Crippen molar-refractivity contribution < 1.29 is 5.11 Å². The molecule has 4 nitrogen and oxygen atoms in total. The van der Waals surface area contributed by atoms with Crippen molar-refractivity contribution in [1.29, 1.82) is 0 Å². The standard InChI is InChI=1S/C23H23N3O/c27-21-14-17-10-4-5-11-18(17)22-23(20-13-7-6-12-19(20)21)26(25-24-22)15-16-8-2-1-3-9-16/h1-13,17-21,27H,14-15H2/t17-,18-,19-,20+,21?/m0/s1. The molecule has 0 saturated carbocycles. The van der Waals surface area contributed by atoms with Crippen LogP contribution in [0.3, 0.4) is 0 Å². The quantitative estimate of drug-likeness (QED) is 0.891. The Labute approximate surface area is 159 Å². The van der Waals surface area contributed by atoms with Gasteiger partial charge in [-0.15, -0.1) is 5.10 Å². The summed E-state index contributed by atoms with van der Waals surface area (Å²) in [6.07, 6.45) is 17.4. The third kappa shape index (κ3) is 2.90. The summed E-state index contributed by atoms with van der Waals surface area (Å²) in [7, 11) is 0. The summed E-state index contributed by atoms with van der Waals surface area (Å²) in [5.41, 5.74) is 3.40. The second-order valence-corrected chi connectivity index (χ2v) is 7.64. The van der Waals surface area contributed by atoms with E-state index in [-0.39, 0.29) is 29.8 Å². The van der Waals surface area contributed by atoms with Gasteiger partial charge >= 0.3 is 0 Å². The van der Waals surface area contributed by atoms with E-state index < -0.39 is 0 Å². The minimum absolute atomic E-state index is 0.0574. The van der Waals surface area contributed by atoms with E-state index in [1.807, 2.05) is 16.8 Å². The van der Waals surface area contributed by atoms with Crippen LogP contribution >= 0.6 is 0 Å². The van der Waals surface area contributed by atoms with Gasteiger partial charge in [-0.1, -0.05) is 84.2 Å². The molecule has 1 aromatic carbocycles. The van der Waals surface area contributed by atoms with Crippen LogP contribution in [-0.2, 0) is 6.54 Å². The zero-order chi connectivity index (χ0) is 18.2.